The van der Waals surface area contributed by atoms with Gasteiger partial charge in [0.15, 0.2) is 17.5 Å². The minimum absolute atomic E-state index is 0.690. The second kappa shape index (κ2) is 7.68. The summed E-state index contributed by atoms with van der Waals surface area (Å²) in [7, 11) is -1.09. The fraction of sp³-hybridized carbons (Fsp3) is 0.0690. The van der Waals surface area contributed by atoms with Gasteiger partial charge in [-0.25, -0.2) is 15.0 Å². The molecule has 0 spiro atoms. The SMILES string of the molecule is CS1(C)c2ccccc2-c2c(-c3nc(-c4ccccc4)nc(-c4ccccc4)n3)cccc21. The number of aromatic nitrogens is 3. The van der Waals surface area contributed by atoms with Gasteiger partial charge in [-0.15, -0.1) is 0 Å². The van der Waals surface area contributed by atoms with Gasteiger partial charge >= 0.3 is 0 Å². The first kappa shape index (κ1) is 19.9. The summed E-state index contributed by atoms with van der Waals surface area (Å²) in [5.41, 5.74) is 5.59. The Kier molecular flexibility index (Phi) is 4.63. The maximum atomic E-state index is 4.98. The van der Waals surface area contributed by atoms with Crippen molar-refractivity contribution in [2.24, 2.45) is 0 Å². The van der Waals surface area contributed by atoms with Crippen LogP contribution in [-0.2, 0) is 0 Å². The molecule has 1 aromatic heterocycles. The number of hydrogen-bond acceptors (Lipinski definition) is 3. The topological polar surface area (TPSA) is 38.7 Å². The lowest BCUT2D eigenvalue weighted by Crippen LogP contribution is -2.01. The second-order valence-corrected chi connectivity index (χ2v) is 12.1. The van der Waals surface area contributed by atoms with E-state index in [4.69, 9.17) is 15.0 Å². The molecule has 4 heteroatoms. The molecule has 0 fully saturated rings. The fourth-order valence-electron chi connectivity index (χ4n) is 4.59. The van der Waals surface area contributed by atoms with Crippen molar-refractivity contribution in [2.75, 3.05) is 12.5 Å². The van der Waals surface area contributed by atoms with Crippen molar-refractivity contribution in [1.29, 1.82) is 0 Å². The highest BCUT2D eigenvalue weighted by atomic mass is 32.3. The molecule has 0 saturated heterocycles. The van der Waals surface area contributed by atoms with Crippen LogP contribution in [0.15, 0.2) is 113 Å². The molecule has 160 valence electrons. The van der Waals surface area contributed by atoms with Gasteiger partial charge in [-0.2, -0.15) is 10.0 Å². The van der Waals surface area contributed by atoms with Crippen LogP contribution in [0.3, 0.4) is 0 Å². The minimum atomic E-state index is -1.09. The zero-order valence-electron chi connectivity index (χ0n) is 18.6. The molecular formula is C29H23N3S. The van der Waals surface area contributed by atoms with Crippen LogP contribution in [0.2, 0.25) is 0 Å². The van der Waals surface area contributed by atoms with Crippen LogP contribution < -0.4 is 0 Å². The van der Waals surface area contributed by atoms with Crippen molar-refractivity contribution >= 4 is 10.0 Å². The highest BCUT2D eigenvalue weighted by Gasteiger charge is 2.33. The largest absolute Gasteiger partial charge is 0.208 e. The van der Waals surface area contributed by atoms with E-state index in [0.29, 0.717) is 17.5 Å². The molecule has 0 radical (unpaired) electrons. The van der Waals surface area contributed by atoms with Crippen LogP contribution in [0.4, 0.5) is 0 Å². The highest BCUT2D eigenvalue weighted by Crippen LogP contribution is 2.68. The average Bonchev–Trinajstić information content (AvgIpc) is 3.12. The van der Waals surface area contributed by atoms with E-state index in [1.165, 1.54) is 20.9 Å². The molecule has 0 bridgehead atoms. The summed E-state index contributed by atoms with van der Waals surface area (Å²) in [5, 5.41) is 0. The van der Waals surface area contributed by atoms with Gasteiger partial charge in [0.05, 0.1) is 0 Å². The fourth-order valence-corrected chi connectivity index (χ4v) is 7.11. The molecule has 4 aromatic carbocycles. The van der Waals surface area contributed by atoms with Gasteiger partial charge in [-0.05, 0) is 30.2 Å². The van der Waals surface area contributed by atoms with E-state index in [-0.39, 0.29) is 0 Å². The van der Waals surface area contributed by atoms with Crippen molar-refractivity contribution < 1.29 is 0 Å². The van der Waals surface area contributed by atoms with Gasteiger partial charge in [0.1, 0.15) is 0 Å². The zero-order valence-corrected chi connectivity index (χ0v) is 19.4. The Labute approximate surface area is 195 Å². The molecule has 3 nitrogen and oxygen atoms in total. The predicted molar refractivity (Wildman–Crippen MR) is 138 cm³/mol. The summed E-state index contributed by atoms with van der Waals surface area (Å²) in [4.78, 5) is 17.6. The summed E-state index contributed by atoms with van der Waals surface area (Å²) in [6, 6.07) is 35.6. The molecule has 1 aliphatic rings. The summed E-state index contributed by atoms with van der Waals surface area (Å²) >= 11 is 0. The molecule has 0 aliphatic carbocycles. The maximum Gasteiger partial charge on any atom is 0.164 e. The normalized spacial score (nSPS) is 14.4. The molecule has 0 atom stereocenters. The highest BCUT2D eigenvalue weighted by molar-refractivity contribution is 8.33. The van der Waals surface area contributed by atoms with Crippen LogP contribution in [0.5, 0.6) is 0 Å². The Hall–Kier alpha value is -3.76. The summed E-state index contributed by atoms with van der Waals surface area (Å²) < 4.78 is 0. The van der Waals surface area contributed by atoms with Crippen LogP contribution in [0, 0.1) is 0 Å². The van der Waals surface area contributed by atoms with E-state index < -0.39 is 10.0 Å². The molecule has 0 unspecified atom stereocenters. The van der Waals surface area contributed by atoms with Gasteiger partial charge in [0, 0.05) is 32.0 Å². The molecular weight excluding hydrogens is 422 g/mol. The molecule has 2 heterocycles. The third-order valence-corrected chi connectivity index (χ3v) is 9.12. The molecule has 0 N–H and O–H groups in total. The quantitative estimate of drug-likeness (QED) is 0.292. The molecule has 1 aliphatic heterocycles. The maximum absolute atomic E-state index is 4.98. The monoisotopic (exact) mass is 445 g/mol. The molecule has 0 amide bonds. The number of nitrogens with zero attached hydrogens (tertiary/aromatic N) is 3. The van der Waals surface area contributed by atoms with Crippen LogP contribution in [0.1, 0.15) is 0 Å². The molecule has 33 heavy (non-hydrogen) atoms. The third kappa shape index (κ3) is 3.26. The van der Waals surface area contributed by atoms with Crippen molar-refractivity contribution in [3.8, 4) is 45.3 Å². The van der Waals surface area contributed by atoms with E-state index in [1.54, 1.807) is 0 Å². The lowest BCUT2D eigenvalue weighted by molar-refractivity contribution is 1.07. The molecule has 5 aromatic rings. The van der Waals surface area contributed by atoms with Gasteiger partial charge < -0.3 is 0 Å². The summed E-state index contributed by atoms with van der Waals surface area (Å²) in [6.07, 6.45) is 4.75. The van der Waals surface area contributed by atoms with Crippen molar-refractivity contribution in [3.05, 3.63) is 103 Å². The minimum Gasteiger partial charge on any atom is -0.208 e. The number of hydrogen-bond donors (Lipinski definition) is 0. The number of fused-ring (bicyclic) bond motifs is 3. The van der Waals surface area contributed by atoms with E-state index in [9.17, 15) is 0 Å². The molecule has 0 saturated carbocycles. The zero-order chi connectivity index (χ0) is 22.4. The standard InChI is InChI=1S/C29H23N3S/c1-33(2)24-18-10-9-16-22(24)26-23(17-11-19-25(26)33)29-31-27(20-12-5-3-6-13-20)30-28(32-29)21-14-7-4-8-15-21/h3-19H,1-2H3. The molecule has 6 rings (SSSR count). The van der Waals surface area contributed by atoms with E-state index in [1.807, 2.05) is 60.7 Å². The summed E-state index contributed by atoms with van der Waals surface area (Å²) in [5.74, 6) is 2.09. The van der Waals surface area contributed by atoms with Crippen LogP contribution in [0.25, 0.3) is 45.3 Å². The Morgan fingerprint density at radius 2 is 0.939 bits per heavy atom. The van der Waals surface area contributed by atoms with Crippen molar-refractivity contribution in [2.45, 2.75) is 9.79 Å². The predicted octanol–water partition coefficient (Wildman–Crippen LogP) is 7.34. The number of benzene rings is 4. The lowest BCUT2D eigenvalue weighted by atomic mass is 9.99. The first-order valence-corrected chi connectivity index (χ1v) is 13.4. The van der Waals surface area contributed by atoms with Gasteiger partial charge in [-0.3, -0.25) is 0 Å². The van der Waals surface area contributed by atoms with Gasteiger partial charge in [0.2, 0.25) is 0 Å². The summed E-state index contributed by atoms with van der Waals surface area (Å²) in [6.45, 7) is 0. The number of rotatable bonds is 3. The Balaban J connectivity index is 1.63. The van der Waals surface area contributed by atoms with E-state index in [2.05, 4.69) is 55.0 Å². The first-order valence-electron chi connectivity index (χ1n) is 11.0. The van der Waals surface area contributed by atoms with Crippen molar-refractivity contribution in [3.63, 3.8) is 0 Å². The second-order valence-electron chi connectivity index (χ2n) is 8.54. The smallest absolute Gasteiger partial charge is 0.164 e. The Morgan fingerprint density at radius 1 is 0.455 bits per heavy atom. The average molecular weight is 446 g/mol. The first-order chi connectivity index (χ1) is 16.1. The van der Waals surface area contributed by atoms with E-state index in [0.717, 1.165) is 16.7 Å². The Bertz CT molecular complexity index is 1420. The van der Waals surface area contributed by atoms with Crippen molar-refractivity contribution in [1.82, 2.24) is 15.0 Å². The van der Waals surface area contributed by atoms with Gasteiger partial charge in [0.25, 0.3) is 0 Å². The third-order valence-electron chi connectivity index (χ3n) is 6.22. The van der Waals surface area contributed by atoms with Crippen LogP contribution >= 0.6 is 10.0 Å². The lowest BCUT2D eigenvalue weighted by Gasteiger charge is -2.28. The van der Waals surface area contributed by atoms with E-state index >= 15 is 0 Å². The Morgan fingerprint density at radius 3 is 1.58 bits per heavy atom. The van der Waals surface area contributed by atoms with Crippen LogP contribution in [-0.4, -0.2) is 27.5 Å². The van der Waals surface area contributed by atoms with Gasteiger partial charge in [-0.1, -0.05) is 91.0 Å².